The highest BCUT2D eigenvalue weighted by Gasteiger charge is 2.04. The Labute approximate surface area is 96.0 Å². The van der Waals surface area contributed by atoms with Gasteiger partial charge in [-0.2, -0.15) is 0 Å². The van der Waals surface area contributed by atoms with Crippen molar-refractivity contribution in [3.63, 3.8) is 0 Å². The van der Waals surface area contributed by atoms with Gasteiger partial charge in [0.15, 0.2) is 0 Å². The van der Waals surface area contributed by atoms with E-state index in [1.165, 1.54) is 0 Å². The Morgan fingerprint density at radius 2 is 2.31 bits per heavy atom. The Morgan fingerprint density at radius 3 is 2.94 bits per heavy atom. The Morgan fingerprint density at radius 1 is 1.56 bits per heavy atom. The van der Waals surface area contributed by atoms with E-state index in [1.807, 2.05) is 26.8 Å². The van der Waals surface area contributed by atoms with Crippen LogP contribution < -0.4 is 5.32 Å². The normalized spacial score (nSPS) is 10.5. The molecule has 0 unspecified atom stereocenters. The van der Waals surface area contributed by atoms with Crippen molar-refractivity contribution in [1.29, 1.82) is 0 Å². The molecule has 0 spiro atoms. The summed E-state index contributed by atoms with van der Waals surface area (Å²) in [5, 5.41) is 2.80. The molecule has 1 amide bonds. The first-order chi connectivity index (χ1) is 7.59. The minimum absolute atomic E-state index is 0.0772. The van der Waals surface area contributed by atoms with Gasteiger partial charge in [0.25, 0.3) is 0 Å². The SMILES string of the molecule is Cc1cnccc1CNC(=O)COC(C)C. The third kappa shape index (κ3) is 4.40. The number of aryl methyl sites for hydroxylation is 1. The van der Waals surface area contributed by atoms with Crippen LogP contribution >= 0.6 is 0 Å². The van der Waals surface area contributed by atoms with Crippen LogP contribution in [0.25, 0.3) is 0 Å². The highest BCUT2D eigenvalue weighted by Crippen LogP contribution is 2.03. The standard InChI is InChI=1S/C12H18N2O2/c1-9(2)16-8-12(15)14-7-11-4-5-13-6-10(11)3/h4-6,9H,7-8H2,1-3H3,(H,14,15). The molecule has 4 heteroatoms. The van der Waals surface area contributed by atoms with Gasteiger partial charge in [0.05, 0.1) is 6.10 Å². The highest BCUT2D eigenvalue weighted by molar-refractivity contribution is 5.77. The number of carbonyl (C=O) groups is 1. The maximum Gasteiger partial charge on any atom is 0.246 e. The zero-order valence-electron chi connectivity index (χ0n) is 9.99. The lowest BCUT2D eigenvalue weighted by Crippen LogP contribution is -2.28. The van der Waals surface area contributed by atoms with Crippen LogP contribution in [-0.4, -0.2) is 23.6 Å². The summed E-state index contributed by atoms with van der Waals surface area (Å²) in [6.07, 6.45) is 3.58. The smallest absolute Gasteiger partial charge is 0.246 e. The molecule has 0 saturated heterocycles. The van der Waals surface area contributed by atoms with Crippen molar-refractivity contribution >= 4 is 5.91 Å². The van der Waals surface area contributed by atoms with Crippen LogP contribution in [0.1, 0.15) is 25.0 Å². The Bertz CT molecular complexity index is 351. The largest absolute Gasteiger partial charge is 0.369 e. The van der Waals surface area contributed by atoms with E-state index in [2.05, 4.69) is 10.3 Å². The summed E-state index contributed by atoms with van der Waals surface area (Å²) in [7, 11) is 0. The molecule has 0 radical (unpaired) electrons. The van der Waals surface area contributed by atoms with Gasteiger partial charge in [0.1, 0.15) is 6.61 Å². The fraction of sp³-hybridized carbons (Fsp3) is 0.500. The van der Waals surface area contributed by atoms with E-state index >= 15 is 0 Å². The molecule has 0 bridgehead atoms. The molecule has 4 nitrogen and oxygen atoms in total. The van der Waals surface area contributed by atoms with Gasteiger partial charge in [-0.3, -0.25) is 9.78 Å². The Balaban J connectivity index is 2.35. The molecular formula is C12H18N2O2. The zero-order valence-corrected chi connectivity index (χ0v) is 9.99. The second-order valence-electron chi connectivity index (χ2n) is 3.94. The van der Waals surface area contributed by atoms with Crippen molar-refractivity contribution in [2.24, 2.45) is 0 Å². The fourth-order valence-electron chi connectivity index (χ4n) is 1.19. The van der Waals surface area contributed by atoms with E-state index in [4.69, 9.17) is 4.74 Å². The van der Waals surface area contributed by atoms with Crippen molar-refractivity contribution < 1.29 is 9.53 Å². The van der Waals surface area contributed by atoms with E-state index in [0.717, 1.165) is 11.1 Å². The van der Waals surface area contributed by atoms with Crippen LogP contribution in [0.15, 0.2) is 18.5 Å². The van der Waals surface area contributed by atoms with Gasteiger partial charge < -0.3 is 10.1 Å². The van der Waals surface area contributed by atoms with Gasteiger partial charge in [-0.15, -0.1) is 0 Å². The number of hydrogen-bond donors (Lipinski definition) is 1. The monoisotopic (exact) mass is 222 g/mol. The maximum absolute atomic E-state index is 11.4. The summed E-state index contributed by atoms with van der Waals surface area (Å²) in [5.41, 5.74) is 2.15. The third-order valence-electron chi connectivity index (χ3n) is 2.16. The van der Waals surface area contributed by atoms with Crippen LogP contribution in [0.5, 0.6) is 0 Å². The number of hydrogen-bond acceptors (Lipinski definition) is 3. The van der Waals surface area contributed by atoms with Crippen molar-refractivity contribution in [1.82, 2.24) is 10.3 Å². The fourth-order valence-corrected chi connectivity index (χ4v) is 1.19. The first-order valence-electron chi connectivity index (χ1n) is 5.37. The molecule has 0 aromatic carbocycles. The predicted octanol–water partition coefficient (Wildman–Crippen LogP) is 1.43. The quantitative estimate of drug-likeness (QED) is 0.820. The van der Waals surface area contributed by atoms with E-state index in [1.54, 1.807) is 12.4 Å². The lowest BCUT2D eigenvalue weighted by atomic mass is 10.1. The van der Waals surface area contributed by atoms with Crippen LogP contribution in [0.3, 0.4) is 0 Å². The number of carbonyl (C=O) groups excluding carboxylic acids is 1. The van der Waals surface area contributed by atoms with Gasteiger partial charge in [0.2, 0.25) is 5.91 Å². The van der Waals surface area contributed by atoms with Gasteiger partial charge in [0, 0.05) is 18.9 Å². The van der Waals surface area contributed by atoms with Crippen LogP contribution in [0, 0.1) is 6.92 Å². The second-order valence-corrected chi connectivity index (χ2v) is 3.94. The molecule has 16 heavy (non-hydrogen) atoms. The first-order valence-corrected chi connectivity index (χ1v) is 5.37. The number of nitrogens with zero attached hydrogens (tertiary/aromatic N) is 1. The molecule has 1 aromatic rings. The number of amides is 1. The number of rotatable bonds is 5. The molecule has 88 valence electrons. The number of ether oxygens (including phenoxy) is 1. The molecule has 0 saturated carbocycles. The zero-order chi connectivity index (χ0) is 12.0. The number of pyridine rings is 1. The molecule has 1 N–H and O–H groups in total. The van der Waals surface area contributed by atoms with Gasteiger partial charge in [-0.1, -0.05) is 0 Å². The molecule has 1 heterocycles. The third-order valence-corrected chi connectivity index (χ3v) is 2.16. The van der Waals surface area contributed by atoms with E-state index < -0.39 is 0 Å². The van der Waals surface area contributed by atoms with Crippen LogP contribution in [-0.2, 0) is 16.1 Å². The number of nitrogens with one attached hydrogen (secondary N) is 1. The van der Waals surface area contributed by atoms with E-state index in [9.17, 15) is 4.79 Å². The summed E-state index contributed by atoms with van der Waals surface area (Å²) >= 11 is 0. The molecule has 0 fully saturated rings. The number of aromatic nitrogens is 1. The van der Waals surface area contributed by atoms with Gasteiger partial charge >= 0.3 is 0 Å². The molecular weight excluding hydrogens is 204 g/mol. The van der Waals surface area contributed by atoms with Gasteiger partial charge in [-0.25, -0.2) is 0 Å². The lowest BCUT2D eigenvalue weighted by molar-refractivity contribution is -0.127. The van der Waals surface area contributed by atoms with Gasteiger partial charge in [-0.05, 0) is 38.0 Å². The summed E-state index contributed by atoms with van der Waals surface area (Å²) in [5.74, 6) is -0.0927. The van der Waals surface area contributed by atoms with Crippen LogP contribution in [0.2, 0.25) is 0 Å². The molecule has 1 rings (SSSR count). The average molecular weight is 222 g/mol. The first kappa shape index (κ1) is 12.6. The second kappa shape index (κ2) is 6.23. The minimum Gasteiger partial charge on any atom is -0.369 e. The maximum atomic E-state index is 11.4. The molecule has 0 aliphatic rings. The molecule has 0 atom stereocenters. The Kier molecular flexibility index (Phi) is 4.92. The molecule has 0 aliphatic carbocycles. The van der Waals surface area contributed by atoms with Crippen LogP contribution in [0.4, 0.5) is 0 Å². The molecule has 0 aliphatic heterocycles. The topological polar surface area (TPSA) is 51.2 Å². The Hall–Kier alpha value is -1.42. The van der Waals surface area contributed by atoms with Crippen molar-refractivity contribution in [2.45, 2.75) is 33.4 Å². The summed E-state index contributed by atoms with van der Waals surface area (Å²) in [6, 6.07) is 1.90. The van der Waals surface area contributed by atoms with Crippen molar-refractivity contribution in [3.05, 3.63) is 29.6 Å². The van der Waals surface area contributed by atoms with Crippen molar-refractivity contribution in [2.75, 3.05) is 6.61 Å². The van der Waals surface area contributed by atoms with Crippen molar-refractivity contribution in [3.8, 4) is 0 Å². The van der Waals surface area contributed by atoms with E-state index in [-0.39, 0.29) is 18.6 Å². The summed E-state index contributed by atoms with van der Waals surface area (Å²) < 4.78 is 5.20. The predicted molar refractivity (Wildman–Crippen MR) is 61.9 cm³/mol. The minimum atomic E-state index is -0.0927. The molecule has 1 aromatic heterocycles. The van der Waals surface area contributed by atoms with E-state index in [0.29, 0.717) is 6.54 Å². The average Bonchev–Trinajstić information content (AvgIpc) is 2.25. The summed E-state index contributed by atoms with van der Waals surface area (Å²) in [6.45, 7) is 6.41. The lowest BCUT2D eigenvalue weighted by Gasteiger charge is -2.09. The summed E-state index contributed by atoms with van der Waals surface area (Å²) in [4.78, 5) is 15.4. The highest BCUT2D eigenvalue weighted by atomic mass is 16.5.